The molecule has 1 aromatic carbocycles. The standard InChI is InChI=1S/C9H12NO2S/c1-3-13(11,12)10-9-6-4-8(2)5-7-9/h4-7,10H,2-3H2,1H3. The molecule has 0 heterocycles. The van der Waals surface area contributed by atoms with Crippen LogP contribution in [0.25, 0.3) is 0 Å². The van der Waals surface area contributed by atoms with Gasteiger partial charge in [-0.3, -0.25) is 4.72 Å². The van der Waals surface area contributed by atoms with E-state index >= 15 is 0 Å². The zero-order valence-corrected chi connectivity index (χ0v) is 8.26. The predicted octanol–water partition coefficient (Wildman–Crippen LogP) is 1.63. The lowest BCUT2D eigenvalue weighted by Crippen LogP contribution is -2.14. The van der Waals surface area contributed by atoms with Crippen LogP contribution in [0.1, 0.15) is 12.5 Å². The predicted molar refractivity (Wildman–Crippen MR) is 54.0 cm³/mol. The molecule has 0 bridgehead atoms. The molecule has 4 heteroatoms. The smallest absolute Gasteiger partial charge is 0.232 e. The second kappa shape index (κ2) is 3.79. The van der Waals surface area contributed by atoms with Crippen LogP contribution in [0.15, 0.2) is 24.3 Å². The molecular weight excluding hydrogens is 186 g/mol. The fourth-order valence-electron chi connectivity index (χ4n) is 0.825. The molecule has 0 saturated heterocycles. The molecular formula is C9H12NO2S. The van der Waals surface area contributed by atoms with Gasteiger partial charge < -0.3 is 0 Å². The molecule has 3 nitrogen and oxygen atoms in total. The van der Waals surface area contributed by atoms with Gasteiger partial charge in [0.15, 0.2) is 0 Å². The minimum Gasteiger partial charge on any atom is -0.284 e. The summed E-state index contributed by atoms with van der Waals surface area (Å²) in [5, 5.41) is 0. The van der Waals surface area contributed by atoms with E-state index in [1.165, 1.54) is 0 Å². The van der Waals surface area contributed by atoms with Crippen molar-refractivity contribution in [2.75, 3.05) is 10.5 Å². The van der Waals surface area contributed by atoms with Gasteiger partial charge in [0.1, 0.15) is 0 Å². The summed E-state index contributed by atoms with van der Waals surface area (Å²) >= 11 is 0. The fraction of sp³-hybridized carbons (Fsp3) is 0.222. The fourth-order valence-corrected chi connectivity index (χ4v) is 1.46. The van der Waals surface area contributed by atoms with Crippen molar-refractivity contribution >= 4 is 15.7 Å². The molecule has 0 unspecified atom stereocenters. The van der Waals surface area contributed by atoms with Crippen LogP contribution >= 0.6 is 0 Å². The van der Waals surface area contributed by atoms with Crippen molar-refractivity contribution in [3.05, 3.63) is 36.8 Å². The molecule has 0 saturated carbocycles. The van der Waals surface area contributed by atoms with Crippen LogP contribution in [-0.4, -0.2) is 14.2 Å². The van der Waals surface area contributed by atoms with Crippen LogP contribution in [0, 0.1) is 6.92 Å². The highest BCUT2D eigenvalue weighted by atomic mass is 32.2. The first-order chi connectivity index (χ1) is 6.03. The van der Waals surface area contributed by atoms with Crippen LogP contribution in [0.4, 0.5) is 5.69 Å². The molecule has 0 aliphatic heterocycles. The molecule has 0 aromatic heterocycles. The Kier molecular flexibility index (Phi) is 2.93. The molecule has 71 valence electrons. The van der Waals surface area contributed by atoms with Crippen molar-refractivity contribution in [3.8, 4) is 0 Å². The average Bonchev–Trinajstić information content (AvgIpc) is 2.09. The van der Waals surface area contributed by atoms with Crippen molar-refractivity contribution < 1.29 is 8.42 Å². The van der Waals surface area contributed by atoms with E-state index < -0.39 is 10.0 Å². The first kappa shape index (κ1) is 10.1. The largest absolute Gasteiger partial charge is 0.284 e. The Labute approximate surface area is 78.8 Å². The third-order valence-electron chi connectivity index (χ3n) is 1.61. The molecule has 0 amide bonds. The van der Waals surface area contributed by atoms with Gasteiger partial charge in [-0.05, 0) is 31.5 Å². The van der Waals surface area contributed by atoms with Crippen LogP contribution in [-0.2, 0) is 10.0 Å². The summed E-state index contributed by atoms with van der Waals surface area (Å²) in [6.45, 7) is 5.30. The summed E-state index contributed by atoms with van der Waals surface area (Å²) in [6, 6.07) is 6.89. The first-order valence-corrected chi connectivity index (χ1v) is 5.61. The lowest BCUT2D eigenvalue weighted by Gasteiger charge is -2.05. The molecule has 1 rings (SSSR count). The van der Waals surface area contributed by atoms with Gasteiger partial charge in [0, 0.05) is 5.69 Å². The Bertz CT molecular complexity index is 367. The SMILES string of the molecule is [CH2]c1ccc(NS(=O)(=O)CC)cc1. The zero-order valence-electron chi connectivity index (χ0n) is 7.45. The Hall–Kier alpha value is -1.03. The maximum atomic E-state index is 11.1. The lowest BCUT2D eigenvalue weighted by atomic mass is 10.2. The molecule has 0 aliphatic rings. The van der Waals surface area contributed by atoms with E-state index in [1.54, 1.807) is 31.2 Å². The summed E-state index contributed by atoms with van der Waals surface area (Å²) in [4.78, 5) is 0. The lowest BCUT2D eigenvalue weighted by molar-refractivity contribution is 0.602. The molecule has 0 atom stereocenters. The number of nitrogens with one attached hydrogen (secondary N) is 1. The van der Waals surface area contributed by atoms with Crippen LogP contribution in [0.3, 0.4) is 0 Å². The van der Waals surface area contributed by atoms with E-state index in [2.05, 4.69) is 11.6 Å². The van der Waals surface area contributed by atoms with E-state index in [4.69, 9.17) is 0 Å². The van der Waals surface area contributed by atoms with Gasteiger partial charge in [-0.2, -0.15) is 0 Å². The highest BCUT2D eigenvalue weighted by Gasteiger charge is 2.05. The van der Waals surface area contributed by atoms with Gasteiger partial charge in [0.05, 0.1) is 5.75 Å². The molecule has 1 radical (unpaired) electrons. The van der Waals surface area contributed by atoms with Crippen molar-refractivity contribution in [2.24, 2.45) is 0 Å². The Morgan fingerprint density at radius 3 is 2.31 bits per heavy atom. The number of anilines is 1. The number of hydrogen-bond acceptors (Lipinski definition) is 2. The van der Waals surface area contributed by atoms with Crippen molar-refractivity contribution in [1.29, 1.82) is 0 Å². The summed E-state index contributed by atoms with van der Waals surface area (Å²) in [7, 11) is -3.16. The van der Waals surface area contributed by atoms with E-state index in [0.717, 1.165) is 5.56 Å². The molecule has 0 aliphatic carbocycles. The van der Waals surface area contributed by atoms with Crippen LogP contribution in [0.5, 0.6) is 0 Å². The highest BCUT2D eigenvalue weighted by molar-refractivity contribution is 7.92. The van der Waals surface area contributed by atoms with Gasteiger partial charge in [-0.1, -0.05) is 12.1 Å². The normalized spacial score (nSPS) is 11.2. The average molecular weight is 198 g/mol. The zero-order chi connectivity index (χ0) is 9.90. The minimum atomic E-state index is -3.16. The molecule has 1 aromatic rings. The number of sulfonamides is 1. The van der Waals surface area contributed by atoms with Crippen molar-refractivity contribution in [1.82, 2.24) is 0 Å². The minimum absolute atomic E-state index is 0.0825. The van der Waals surface area contributed by atoms with Gasteiger partial charge in [0.25, 0.3) is 0 Å². The number of hydrogen-bond donors (Lipinski definition) is 1. The van der Waals surface area contributed by atoms with Gasteiger partial charge in [-0.15, -0.1) is 0 Å². The molecule has 0 spiro atoms. The Balaban J connectivity index is 2.82. The topological polar surface area (TPSA) is 46.2 Å². The maximum Gasteiger partial charge on any atom is 0.232 e. The Morgan fingerprint density at radius 1 is 1.31 bits per heavy atom. The van der Waals surface area contributed by atoms with Crippen molar-refractivity contribution in [3.63, 3.8) is 0 Å². The van der Waals surface area contributed by atoms with Crippen LogP contribution < -0.4 is 4.72 Å². The van der Waals surface area contributed by atoms with E-state index in [0.29, 0.717) is 5.69 Å². The van der Waals surface area contributed by atoms with E-state index in [-0.39, 0.29) is 5.75 Å². The first-order valence-electron chi connectivity index (χ1n) is 3.96. The second-order valence-electron chi connectivity index (χ2n) is 2.70. The quantitative estimate of drug-likeness (QED) is 0.802. The van der Waals surface area contributed by atoms with Gasteiger partial charge in [0.2, 0.25) is 10.0 Å². The number of rotatable bonds is 3. The summed E-state index contributed by atoms with van der Waals surface area (Å²) in [5.74, 6) is 0.0825. The summed E-state index contributed by atoms with van der Waals surface area (Å²) in [6.07, 6.45) is 0. The third kappa shape index (κ3) is 3.06. The van der Waals surface area contributed by atoms with Gasteiger partial charge in [-0.25, -0.2) is 8.42 Å². The second-order valence-corrected chi connectivity index (χ2v) is 4.71. The molecule has 0 fully saturated rings. The van der Waals surface area contributed by atoms with Crippen LogP contribution in [0.2, 0.25) is 0 Å². The number of benzene rings is 1. The highest BCUT2D eigenvalue weighted by Crippen LogP contribution is 2.10. The van der Waals surface area contributed by atoms with E-state index in [1.807, 2.05) is 0 Å². The third-order valence-corrected chi connectivity index (χ3v) is 2.91. The van der Waals surface area contributed by atoms with Gasteiger partial charge >= 0.3 is 0 Å². The Morgan fingerprint density at radius 2 is 1.85 bits per heavy atom. The summed E-state index contributed by atoms with van der Waals surface area (Å²) < 4.78 is 24.7. The molecule has 1 N–H and O–H groups in total. The maximum absolute atomic E-state index is 11.1. The van der Waals surface area contributed by atoms with Crippen molar-refractivity contribution in [2.45, 2.75) is 6.92 Å². The van der Waals surface area contributed by atoms with E-state index in [9.17, 15) is 8.42 Å². The molecule has 13 heavy (non-hydrogen) atoms. The summed E-state index contributed by atoms with van der Waals surface area (Å²) in [5.41, 5.74) is 1.44. The monoisotopic (exact) mass is 198 g/mol.